The Labute approximate surface area is 221 Å². The van der Waals surface area contributed by atoms with Gasteiger partial charge in [-0.25, -0.2) is 14.0 Å². The molecule has 1 saturated heterocycles. The van der Waals surface area contributed by atoms with Crippen LogP contribution in [-0.4, -0.2) is 76.8 Å². The number of carbonyl (C=O) groups is 2. The third-order valence-corrected chi connectivity index (χ3v) is 7.78. The average Bonchev–Trinajstić information content (AvgIpc) is 3.69. The number of carboxylic acid groups (broad SMARTS) is 2. The first-order valence-corrected chi connectivity index (χ1v) is 12.6. The summed E-state index contributed by atoms with van der Waals surface area (Å²) in [6.07, 6.45) is 0.217. The minimum atomic E-state index is -1.38. The second-order valence-electron chi connectivity index (χ2n) is 10.1. The van der Waals surface area contributed by atoms with E-state index in [2.05, 4.69) is 10.3 Å². The highest BCUT2D eigenvalue weighted by Crippen LogP contribution is 2.40. The van der Waals surface area contributed by atoms with Gasteiger partial charge in [0.15, 0.2) is 6.10 Å². The van der Waals surface area contributed by atoms with Crippen molar-refractivity contribution in [1.82, 2.24) is 0 Å². The van der Waals surface area contributed by atoms with Crippen LogP contribution >= 0.6 is 0 Å². The van der Waals surface area contributed by atoms with Gasteiger partial charge in [-0.2, -0.15) is 0 Å². The first-order chi connectivity index (χ1) is 18.8. The number of ether oxygens (including phenoxy) is 2. The number of fused-ring (bicyclic) bond motifs is 2. The van der Waals surface area contributed by atoms with Crippen LogP contribution in [0.1, 0.15) is 44.7 Å². The molecule has 2 aromatic rings. The SMILES string of the molecule is O=C(O)c1cc(C2=NOC3C(COc4ccc(C5=NOC6CC(CO)CC56)cc4C(=O)O)OCC23)ccc1F. The van der Waals surface area contributed by atoms with E-state index in [9.17, 15) is 29.3 Å². The summed E-state index contributed by atoms with van der Waals surface area (Å²) in [6, 6.07) is 8.54. The van der Waals surface area contributed by atoms with Crippen molar-refractivity contribution < 1.29 is 48.4 Å². The van der Waals surface area contributed by atoms with Crippen LogP contribution in [0, 0.1) is 23.6 Å². The lowest BCUT2D eigenvalue weighted by atomic mass is 9.92. The van der Waals surface area contributed by atoms with Crippen molar-refractivity contribution in [3.8, 4) is 5.75 Å². The first-order valence-electron chi connectivity index (χ1n) is 12.6. The molecular weight excluding hydrogens is 515 g/mol. The molecule has 0 amide bonds. The van der Waals surface area contributed by atoms with E-state index < -0.39 is 35.5 Å². The van der Waals surface area contributed by atoms with Crippen LogP contribution in [0.25, 0.3) is 0 Å². The van der Waals surface area contributed by atoms with Crippen molar-refractivity contribution in [3.05, 3.63) is 64.5 Å². The zero-order valence-corrected chi connectivity index (χ0v) is 20.5. The van der Waals surface area contributed by atoms with E-state index in [1.165, 1.54) is 18.2 Å². The molecule has 0 spiro atoms. The van der Waals surface area contributed by atoms with Gasteiger partial charge in [0.25, 0.3) is 0 Å². The average molecular weight is 541 g/mol. The molecule has 6 rings (SSSR count). The zero-order chi connectivity index (χ0) is 27.3. The Morgan fingerprint density at radius 2 is 1.64 bits per heavy atom. The highest BCUT2D eigenvalue weighted by molar-refractivity contribution is 6.06. The Morgan fingerprint density at radius 1 is 0.949 bits per heavy atom. The van der Waals surface area contributed by atoms with E-state index in [1.807, 2.05) is 0 Å². The molecule has 39 heavy (non-hydrogen) atoms. The second kappa shape index (κ2) is 9.93. The van der Waals surface area contributed by atoms with Crippen LogP contribution in [0.3, 0.4) is 0 Å². The predicted molar refractivity (Wildman–Crippen MR) is 132 cm³/mol. The fourth-order valence-corrected chi connectivity index (χ4v) is 5.76. The maximum Gasteiger partial charge on any atom is 0.339 e. The molecule has 3 N–H and O–H groups in total. The first kappa shape index (κ1) is 25.3. The largest absolute Gasteiger partial charge is 0.490 e. The Morgan fingerprint density at radius 3 is 2.38 bits per heavy atom. The number of hydrogen-bond donors (Lipinski definition) is 3. The third-order valence-electron chi connectivity index (χ3n) is 7.78. The van der Waals surface area contributed by atoms with Crippen LogP contribution in [0.2, 0.25) is 0 Å². The van der Waals surface area contributed by atoms with Crippen LogP contribution in [0.15, 0.2) is 46.7 Å². The van der Waals surface area contributed by atoms with E-state index in [1.54, 1.807) is 12.1 Å². The summed E-state index contributed by atoms with van der Waals surface area (Å²) in [5.74, 6) is -3.44. The minimum absolute atomic E-state index is 0.000724. The van der Waals surface area contributed by atoms with Crippen LogP contribution in [-0.2, 0) is 14.4 Å². The molecule has 1 saturated carbocycles. The summed E-state index contributed by atoms with van der Waals surface area (Å²) < 4.78 is 25.5. The van der Waals surface area contributed by atoms with Crippen LogP contribution in [0.5, 0.6) is 5.75 Å². The van der Waals surface area contributed by atoms with Gasteiger partial charge in [-0.05, 0) is 49.1 Å². The van der Waals surface area contributed by atoms with Gasteiger partial charge in [-0.15, -0.1) is 0 Å². The Hall–Kier alpha value is -4.03. The van der Waals surface area contributed by atoms with E-state index in [0.717, 1.165) is 12.5 Å². The number of hydrogen-bond acceptors (Lipinski definition) is 9. The molecule has 204 valence electrons. The summed E-state index contributed by atoms with van der Waals surface area (Å²) >= 11 is 0. The summed E-state index contributed by atoms with van der Waals surface area (Å²) in [5, 5.41) is 36.9. The number of aromatic carboxylic acids is 2. The standard InChI is InChI=1S/C27H25FN2O9/c28-19-3-1-13(7-15(19)26(32)33)24-18-10-36-22(25(18)39-30-24)11-37-20-4-2-14(8-17(20)27(34)35)23-16-5-12(9-31)6-21(16)38-29-23/h1-4,7-8,12,16,18,21-22,25,31H,5-6,9-11H2,(H,32,33)(H,34,35). The van der Waals surface area contributed by atoms with Gasteiger partial charge in [-0.1, -0.05) is 16.4 Å². The van der Waals surface area contributed by atoms with Gasteiger partial charge >= 0.3 is 11.9 Å². The third kappa shape index (κ3) is 4.49. The molecule has 11 nitrogen and oxygen atoms in total. The van der Waals surface area contributed by atoms with Gasteiger partial charge in [-0.3, -0.25) is 0 Å². The molecular formula is C27H25FN2O9. The molecule has 2 fully saturated rings. The summed E-state index contributed by atoms with van der Waals surface area (Å²) in [7, 11) is 0. The molecule has 1 aliphatic carbocycles. The molecule has 12 heteroatoms. The lowest BCUT2D eigenvalue weighted by Crippen LogP contribution is -2.32. The van der Waals surface area contributed by atoms with Crippen molar-refractivity contribution in [2.75, 3.05) is 19.8 Å². The number of nitrogens with zero attached hydrogens (tertiary/aromatic N) is 2. The molecule has 2 aromatic carbocycles. The number of benzene rings is 2. The maximum absolute atomic E-state index is 13.8. The molecule has 0 bridgehead atoms. The molecule has 3 heterocycles. The Bertz CT molecular complexity index is 1390. The maximum atomic E-state index is 13.8. The van der Waals surface area contributed by atoms with Crippen LogP contribution in [0.4, 0.5) is 4.39 Å². The second-order valence-corrected chi connectivity index (χ2v) is 10.1. The van der Waals surface area contributed by atoms with Gasteiger partial charge in [0.1, 0.15) is 35.9 Å². The smallest absolute Gasteiger partial charge is 0.339 e. The number of rotatable bonds is 8. The number of carboxylic acids is 2. The molecule has 4 aliphatic rings. The molecule has 0 aromatic heterocycles. The van der Waals surface area contributed by atoms with Crippen molar-refractivity contribution in [2.45, 2.75) is 31.2 Å². The van der Waals surface area contributed by atoms with E-state index in [0.29, 0.717) is 29.0 Å². The summed E-state index contributed by atoms with van der Waals surface area (Å²) in [4.78, 5) is 34.5. The minimum Gasteiger partial charge on any atom is -0.490 e. The van der Waals surface area contributed by atoms with Crippen molar-refractivity contribution >= 4 is 23.4 Å². The lowest BCUT2D eigenvalue weighted by molar-refractivity contribution is -0.0226. The van der Waals surface area contributed by atoms with Gasteiger partial charge in [0, 0.05) is 23.7 Å². The zero-order valence-electron chi connectivity index (χ0n) is 20.5. The quantitative estimate of drug-likeness (QED) is 0.458. The summed E-state index contributed by atoms with van der Waals surface area (Å²) in [5.41, 5.74) is 1.66. The molecule has 3 aliphatic heterocycles. The molecule has 6 atom stereocenters. The fourth-order valence-electron chi connectivity index (χ4n) is 5.76. The fraction of sp³-hybridized carbons (Fsp3) is 0.407. The number of aliphatic hydroxyl groups is 1. The molecule has 6 unspecified atom stereocenters. The van der Waals surface area contributed by atoms with Crippen molar-refractivity contribution in [1.29, 1.82) is 0 Å². The highest BCUT2D eigenvalue weighted by Gasteiger charge is 2.47. The van der Waals surface area contributed by atoms with E-state index in [4.69, 9.17) is 19.1 Å². The Balaban J connectivity index is 1.14. The highest BCUT2D eigenvalue weighted by atomic mass is 19.1. The van der Waals surface area contributed by atoms with Gasteiger partial charge < -0.3 is 34.5 Å². The van der Waals surface area contributed by atoms with Crippen molar-refractivity contribution in [2.24, 2.45) is 28.1 Å². The predicted octanol–water partition coefficient (Wildman–Crippen LogP) is 2.54. The van der Waals surface area contributed by atoms with E-state index in [-0.39, 0.29) is 55.0 Å². The number of halogens is 1. The topological polar surface area (TPSA) is 156 Å². The normalized spacial score (nSPS) is 28.7. The molecule has 0 radical (unpaired) electrons. The van der Waals surface area contributed by atoms with Gasteiger partial charge in [0.05, 0.1) is 29.5 Å². The van der Waals surface area contributed by atoms with E-state index >= 15 is 0 Å². The lowest BCUT2D eigenvalue weighted by Gasteiger charge is -2.18. The summed E-state index contributed by atoms with van der Waals surface area (Å²) in [6.45, 7) is 0.283. The number of oxime groups is 2. The van der Waals surface area contributed by atoms with Crippen LogP contribution < -0.4 is 4.74 Å². The van der Waals surface area contributed by atoms with Gasteiger partial charge in [0.2, 0.25) is 0 Å². The number of aliphatic hydroxyl groups excluding tert-OH is 1. The monoisotopic (exact) mass is 540 g/mol. The van der Waals surface area contributed by atoms with Crippen molar-refractivity contribution in [3.63, 3.8) is 0 Å². The Kier molecular flexibility index (Phi) is 6.43.